The molecule has 0 saturated heterocycles. The molecule has 1 aromatic carbocycles. The SMILES string of the molecule is CCOC1=C(C(C)=O)C(c2ccc([N+](=O)[O-])cc2)NC(=O)N1. The number of non-ortho nitro benzene ring substituents is 1. The Bertz CT molecular complexity index is 651. The highest BCUT2D eigenvalue weighted by molar-refractivity contribution is 5.98. The average Bonchev–Trinajstić information content (AvgIpc) is 2.46. The van der Waals surface area contributed by atoms with E-state index >= 15 is 0 Å². The molecule has 0 aliphatic carbocycles. The first kappa shape index (κ1) is 15.5. The molecule has 2 amide bonds. The third-order valence-corrected chi connectivity index (χ3v) is 3.14. The molecule has 0 aromatic heterocycles. The van der Waals surface area contributed by atoms with Gasteiger partial charge in [0.25, 0.3) is 5.69 Å². The number of rotatable bonds is 5. The van der Waals surface area contributed by atoms with Crippen molar-refractivity contribution in [2.24, 2.45) is 0 Å². The number of ether oxygens (including phenoxy) is 1. The summed E-state index contributed by atoms with van der Waals surface area (Å²) in [6.07, 6.45) is 0. The smallest absolute Gasteiger partial charge is 0.322 e. The van der Waals surface area contributed by atoms with Crippen LogP contribution in [0.25, 0.3) is 0 Å². The van der Waals surface area contributed by atoms with Crippen LogP contribution in [0.1, 0.15) is 25.5 Å². The number of benzene rings is 1. The molecule has 2 rings (SSSR count). The zero-order valence-electron chi connectivity index (χ0n) is 12.1. The van der Waals surface area contributed by atoms with Crippen LogP contribution < -0.4 is 10.6 Å². The quantitative estimate of drug-likeness (QED) is 0.636. The normalized spacial score (nSPS) is 17.5. The fourth-order valence-corrected chi connectivity index (χ4v) is 2.20. The fraction of sp³-hybridized carbons (Fsp3) is 0.286. The Balaban J connectivity index is 2.45. The number of hydrogen-bond acceptors (Lipinski definition) is 5. The van der Waals surface area contributed by atoms with Crippen molar-refractivity contribution >= 4 is 17.5 Å². The summed E-state index contributed by atoms with van der Waals surface area (Å²) in [5.41, 5.74) is 0.764. The van der Waals surface area contributed by atoms with Gasteiger partial charge in [0.15, 0.2) is 5.78 Å². The molecule has 1 atom stereocenters. The Kier molecular flexibility index (Phi) is 4.40. The molecular formula is C14H15N3O5. The maximum Gasteiger partial charge on any atom is 0.322 e. The van der Waals surface area contributed by atoms with Crippen LogP contribution in [0.3, 0.4) is 0 Å². The van der Waals surface area contributed by atoms with Crippen LogP contribution in [0.15, 0.2) is 35.7 Å². The van der Waals surface area contributed by atoms with E-state index in [2.05, 4.69) is 10.6 Å². The van der Waals surface area contributed by atoms with Crippen molar-refractivity contribution in [1.82, 2.24) is 10.6 Å². The van der Waals surface area contributed by atoms with Crippen molar-refractivity contribution in [3.8, 4) is 0 Å². The van der Waals surface area contributed by atoms with Gasteiger partial charge >= 0.3 is 6.03 Å². The van der Waals surface area contributed by atoms with E-state index in [9.17, 15) is 19.7 Å². The summed E-state index contributed by atoms with van der Waals surface area (Å²) in [4.78, 5) is 33.8. The Labute approximate surface area is 126 Å². The summed E-state index contributed by atoms with van der Waals surface area (Å²) < 4.78 is 5.32. The van der Waals surface area contributed by atoms with Gasteiger partial charge in [-0.3, -0.25) is 20.2 Å². The van der Waals surface area contributed by atoms with Crippen LogP contribution in [0.5, 0.6) is 0 Å². The second-order valence-corrected chi connectivity index (χ2v) is 4.61. The number of ketones is 1. The molecule has 116 valence electrons. The van der Waals surface area contributed by atoms with Gasteiger partial charge in [-0.15, -0.1) is 0 Å². The summed E-state index contributed by atoms with van der Waals surface area (Å²) in [6, 6.07) is 4.43. The molecule has 0 bridgehead atoms. The van der Waals surface area contributed by atoms with Crippen LogP contribution in [0.4, 0.5) is 10.5 Å². The summed E-state index contributed by atoms with van der Waals surface area (Å²) >= 11 is 0. The van der Waals surface area contributed by atoms with Gasteiger partial charge < -0.3 is 10.1 Å². The van der Waals surface area contributed by atoms with E-state index in [1.54, 1.807) is 6.92 Å². The number of carbonyl (C=O) groups is 2. The number of nitro benzene ring substituents is 1. The van der Waals surface area contributed by atoms with Gasteiger partial charge in [-0.25, -0.2) is 4.79 Å². The molecule has 1 heterocycles. The Morgan fingerprint density at radius 3 is 2.50 bits per heavy atom. The monoisotopic (exact) mass is 305 g/mol. The van der Waals surface area contributed by atoms with Crippen molar-refractivity contribution in [3.05, 3.63) is 51.4 Å². The lowest BCUT2D eigenvalue weighted by molar-refractivity contribution is -0.384. The third-order valence-electron chi connectivity index (χ3n) is 3.14. The standard InChI is InChI=1S/C14H15N3O5/c1-3-22-13-11(8(2)18)12(15-14(19)16-13)9-4-6-10(7-5-9)17(20)21/h4-7,12H,3H2,1-2H3,(H2,15,16,19). The van der Waals surface area contributed by atoms with Gasteiger partial charge in [-0.2, -0.15) is 0 Å². The van der Waals surface area contributed by atoms with Crippen LogP contribution >= 0.6 is 0 Å². The predicted octanol–water partition coefficient (Wildman–Crippen LogP) is 1.79. The highest BCUT2D eigenvalue weighted by atomic mass is 16.6. The van der Waals surface area contributed by atoms with Crippen LogP contribution in [0.2, 0.25) is 0 Å². The first-order valence-corrected chi connectivity index (χ1v) is 6.63. The van der Waals surface area contributed by atoms with Gasteiger partial charge in [0.2, 0.25) is 5.88 Å². The zero-order valence-corrected chi connectivity index (χ0v) is 12.1. The number of Topliss-reactive ketones (excluding diaryl/α,β-unsaturated/α-hetero) is 1. The summed E-state index contributed by atoms with van der Waals surface area (Å²) in [5.74, 6) is -0.151. The van der Waals surface area contributed by atoms with Crippen molar-refractivity contribution < 1.29 is 19.2 Å². The average molecular weight is 305 g/mol. The Hall–Kier alpha value is -2.90. The molecule has 0 radical (unpaired) electrons. The topological polar surface area (TPSA) is 111 Å². The molecule has 0 fully saturated rings. The first-order chi connectivity index (χ1) is 10.4. The molecule has 1 aliphatic rings. The van der Waals surface area contributed by atoms with Crippen molar-refractivity contribution in [2.75, 3.05) is 6.61 Å². The van der Waals surface area contributed by atoms with Gasteiger partial charge in [0.05, 0.1) is 23.1 Å². The molecule has 8 nitrogen and oxygen atoms in total. The lowest BCUT2D eigenvalue weighted by atomic mass is 9.95. The molecule has 8 heteroatoms. The molecule has 2 N–H and O–H groups in total. The molecular weight excluding hydrogens is 290 g/mol. The minimum absolute atomic E-state index is 0.0672. The van der Waals surface area contributed by atoms with E-state index < -0.39 is 17.0 Å². The van der Waals surface area contributed by atoms with E-state index in [1.807, 2.05) is 0 Å². The van der Waals surface area contributed by atoms with E-state index in [0.717, 1.165) is 0 Å². The van der Waals surface area contributed by atoms with Crippen molar-refractivity contribution in [2.45, 2.75) is 19.9 Å². The molecule has 1 aromatic rings. The molecule has 1 aliphatic heterocycles. The highest BCUT2D eigenvalue weighted by Crippen LogP contribution is 2.28. The number of urea groups is 1. The predicted molar refractivity (Wildman–Crippen MR) is 76.8 cm³/mol. The Morgan fingerprint density at radius 2 is 2.00 bits per heavy atom. The van der Waals surface area contributed by atoms with Gasteiger partial charge in [-0.1, -0.05) is 0 Å². The minimum atomic E-state index is -0.714. The van der Waals surface area contributed by atoms with Crippen molar-refractivity contribution in [3.63, 3.8) is 0 Å². The maximum atomic E-state index is 11.9. The molecule has 0 saturated carbocycles. The number of nitrogens with one attached hydrogen (secondary N) is 2. The second kappa shape index (κ2) is 6.25. The fourth-order valence-electron chi connectivity index (χ4n) is 2.20. The van der Waals surface area contributed by atoms with Crippen LogP contribution in [0, 0.1) is 10.1 Å². The van der Waals surface area contributed by atoms with E-state index in [0.29, 0.717) is 12.2 Å². The number of nitrogens with zero attached hydrogens (tertiary/aromatic N) is 1. The third kappa shape index (κ3) is 3.05. The number of carbonyl (C=O) groups excluding carboxylic acids is 2. The summed E-state index contributed by atoms with van der Waals surface area (Å²) in [5, 5.41) is 15.8. The number of nitro groups is 1. The van der Waals surface area contributed by atoms with E-state index in [-0.39, 0.29) is 22.9 Å². The Morgan fingerprint density at radius 1 is 1.36 bits per heavy atom. The number of amides is 2. The zero-order chi connectivity index (χ0) is 16.3. The first-order valence-electron chi connectivity index (χ1n) is 6.63. The number of hydrogen-bond donors (Lipinski definition) is 2. The maximum absolute atomic E-state index is 11.9. The minimum Gasteiger partial charge on any atom is -0.479 e. The molecule has 0 spiro atoms. The highest BCUT2D eigenvalue weighted by Gasteiger charge is 2.32. The van der Waals surface area contributed by atoms with E-state index in [4.69, 9.17) is 4.74 Å². The summed E-state index contributed by atoms with van der Waals surface area (Å²) in [6.45, 7) is 3.39. The molecule has 22 heavy (non-hydrogen) atoms. The van der Waals surface area contributed by atoms with Gasteiger partial charge in [0.1, 0.15) is 0 Å². The largest absolute Gasteiger partial charge is 0.479 e. The molecule has 1 unspecified atom stereocenters. The van der Waals surface area contributed by atoms with E-state index in [1.165, 1.54) is 31.2 Å². The lowest BCUT2D eigenvalue weighted by Gasteiger charge is -2.28. The van der Waals surface area contributed by atoms with Gasteiger partial charge in [-0.05, 0) is 31.5 Å². The summed E-state index contributed by atoms with van der Waals surface area (Å²) in [7, 11) is 0. The second-order valence-electron chi connectivity index (χ2n) is 4.61. The lowest BCUT2D eigenvalue weighted by Crippen LogP contribution is -2.46. The van der Waals surface area contributed by atoms with Crippen LogP contribution in [-0.2, 0) is 9.53 Å². The van der Waals surface area contributed by atoms with Crippen LogP contribution in [-0.4, -0.2) is 23.3 Å². The van der Waals surface area contributed by atoms with Gasteiger partial charge in [0, 0.05) is 12.1 Å². The van der Waals surface area contributed by atoms with Crippen molar-refractivity contribution in [1.29, 1.82) is 0 Å².